The zero-order valence-electron chi connectivity index (χ0n) is 14.7. The van der Waals surface area contributed by atoms with E-state index >= 15 is 0 Å². The summed E-state index contributed by atoms with van der Waals surface area (Å²) < 4.78 is 16.7. The summed E-state index contributed by atoms with van der Waals surface area (Å²) in [5.74, 6) is 1.95. The zero-order chi connectivity index (χ0) is 17.8. The fraction of sp³-hybridized carbons (Fsp3) is 0.444. The van der Waals surface area contributed by atoms with Crippen LogP contribution < -0.4 is 14.8 Å². The molecule has 0 unspecified atom stereocenters. The van der Waals surface area contributed by atoms with Gasteiger partial charge in [0.15, 0.2) is 11.5 Å². The Kier molecular flexibility index (Phi) is 5.23. The first kappa shape index (κ1) is 17.3. The van der Waals surface area contributed by atoms with Crippen LogP contribution in [-0.2, 0) is 4.79 Å². The highest BCUT2D eigenvalue weighted by Crippen LogP contribution is 2.30. The summed E-state index contributed by atoms with van der Waals surface area (Å²) in [5, 5.41) is 6.64. The van der Waals surface area contributed by atoms with Crippen molar-refractivity contribution in [3.63, 3.8) is 0 Å². The van der Waals surface area contributed by atoms with Gasteiger partial charge >= 0.3 is 0 Å². The van der Waals surface area contributed by atoms with Crippen molar-refractivity contribution in [2.45, 2.75) is 25.9 Å². The van der Waals surface area contributed by atoms with Crippen molar-refractivity contribution in [3.8, 4) is 11.5 Å². The molecule has 1 aliphatic heterocycles. The second-order valence-corrected chi connectivity index (χ2v) is 6.51. The Morgan fingerprint density at radius 2 is 2.12 bits per heavy atom. The summed E-state index contributed by atoms with van der Waals surface area (Å²) in [5.41, 5.74) is 0.815. The number of benzene rings is 1. The third-order valence-electron chi connectivity index (χ3n) is 3.88. The number of carbonyl (C=O) groups is 1. The van der Waals surface area contributed by atoms with Gasteiger partial charge in [0.1, 0.15) is 12.7 Å². The standard InChI is InChI=1S/C18H23N3O4/c1-12(2)14-8-18(25-20-14)19-17(22)10-21(3)9-13-11-23-15-6-4-5-7-16(15)24-13/h4-8,12-13H,9-11H2,1-3H3,(H,19,22)/t13-/m1/s1. The quantitative estimate of drug-likeness (QED) is 0.867. The first-order valence-corrected chi connectivity index (χ1v) is 8.34. The Morgan fingerprint density at radius 3 is 2.84 bits per heavy atom. The second kappa shape index (κ2) is 7.57. The molecule has 1 aromatic heterocycles. The van der Waals surface area contributed by atoms with Gasteiger partial charge in [-0.05, 0) is 25.1 Å². The second-order valence-electron chi connectivity index (χ2n) is 6.51. The van der Waals surface area contributed by atoms with Crippen LogP contribution in [0, 0.1) is 0 Å². The van der Waals surface area contributed by atoms with Crippen LogP contribution in [0.2, 0.25) is 0 Å². The van der Waals surface area contributed by atoms with E-state index in [4.69, 9.17) is 14.0 Å². The fourth-order valence-electron chi connectivity index (χ4n) is 2.61. The Bertz CT molecular complexity index is 729. The summed E-state index contributed by atoms with van der Waals surface area (Å²) in [4.78, 5) is 14.0. The molecule has 1 atom stereocenters. The van der Waals surface area contributed by atoms with Crippen LogP contribution in [0.1, 0.15) is 25.5 Å². The lowest BCUT2D eigenvalue weighted by molar-refractivity contribution is -0.117. The fourth-order valence-corrected chi connectivity index (χ4v) is 2.61. The minimum atomic E-state index is -0.161. The van der Waals surface area contributed by atoms with Crippen molar-refractivity contribution in [1.82, 2.24) is 10.1 Å². The summed E-state index contributed by atoms with van der Waals surface area (Å²) in [6.45, 7) is 5.29. The number of hydrogen-bond donors (Lipinski definition) is 1. The smallest absolute Gasteiger partial charge is 0.240 e. The predicted octanol–water partition coefficient (Wildman–Crippen LogP) is 2.51. The summed E-state index contributed by atoms with van der Waals surface area (Å²) >= 11 is 0. The predicted molar refractivity (Wildman–Crippen MR) is 93.1 cm³/mol. The molecule has 1 aromatic carbocycles. The number of likely N-dealkylation sites (N-methyl/N-ethyl adjacent to an activating group) is 1. The number of hydrogen-bond acceptors (Lipinski definition) is 6. The highest BCUT2D eigenvalue weighted by atomic mass is 16.6. The summed E-state index contributed by atoms with van der Waals surface area (Å²) in [6.07, 6.45) is -0.120. The molecule has 7 heteroatoms. The van der Waals surface area contributed by atoms with E-state index in [0.29, 0.717) is 19.0 Å². The van der Waals surface area contributed by atoms with Gasteiger partial charge < -0.3 is 14.0 Å². The van der Waals surface area contributed by atoms with E-state index in [1.807, 2.05) is 50.1 Å². The average molecular weight is 345 g/mol. The average Bonchev–Trinajstić information content (AvgIpc) is 3.03. The maximum atomic E-state index is 12.1. The molecular weight excluding hydrogens is 322 g/mol. The van der Waals surface area contributed by atoms with Crippen molar-refractivity contribution < 1.29 is 18.8 Å². The zero-order valence-corrected chi connectivity index (χ0v) is 14.7. The maximum Gasteiger partial charge on any atom is 0.240 e. The van der Waals surface area contributed by atoms with E-state index in [-0.39, 0.29) is 24.5 Å². The van der Waals surface area contributed by atoms with Gasteiger partial charge in [-0.25, -0.2) is 0 Å². The van der Waals surface area contributed by atoms with Crippen LogP contribution in [0.3, 0.4) is 0 Å². The molecule has 1 amide bonds. The van der Waals surface area contributed by atoms with E-state index < -0.39 is 0 Å². The lowest BCUT2D eigenvalue weighted by Crippen LogP contribution is -2.42. The molecule has 0 saturated carbocycles. The number of rotatable bonds is 6. The molecule has 0 radical (unpaired) electrons. The van der Waals surface area contributed by atoms with Crippen LogP contribution in [-0.4, -0.2) is 48.8 Å². The first-order chi connectivity index (χ1) is 12.0. The summed E-state index contributed by atoms with van der Waals surface area (Å²) in [6, 6.07) is 9.32. The third kappa shape index (κ3) is 4.51. The Balaban J connectivity index is 1.47. The van der Waals surface area contributed by atoms with Crippen LogP contribution in [0.5, 0.6) is 11.5 Å². The van der Waals surface area contributed by atoms with Crippen LogP contribution in [0.4, 0.5) is 5.88 Å². The van der Waals surface area contributed by atoms with E-state index in [1.165, 1.54) is 0 Å². The summed E-state index contributed by atoms with van der Waals surface area (Å²) in [7, 11) is 1.86. The van der Waals surface area contributed by atoms with Gasteiger partial charge in [-0.3, -0.25) is 15.0 Å². The molecule has 1 aliphatic rings. The van der Waals surface area contributed by atoms with E-state index in [2.05, 4.69) is 10.5 Å². The minimum absolute atomic E-state index is 0.120. The molecule has 2 heterocycles. The molecule has 0 aliphatic carbocycles. The number of nitrogens with one attached hydrogen (secondary N) is 1. The molecule has 7 nitrogen and oxygen atoms in total. The first-order valence-electron chi connectivity index (χ1n) is 8.34. The lowest BCUT2D eigenvalue weighted by atomic mass is 10.1. The van der Waals surface area contributed by atoms with Crippen molar-refractivity contribution in [2.75, 3.05) is 32.1 Å². The molecule has 1 N–H and O–H groups in total. The van der Waals surface area contributed by atoms with Gasteiger partial charge in [-0.2, -0.15) is 0 Å². The largest absolute Gasteiger partial charge is 0.486 e. The molecule has 25 heavy (non-hydrogen) atoms. The van der Waals surface area contributed by atoms with Crippen molar-refractivity contribution in [2.24, 2.45) is 0 Å². The highest BCUT2D eigenvalue weighted by Gasteiger charge is 2.22. The molecule has 3 rings (SSSR count). The monoisotopic (exact) mass is 345 g/mol. The van der Waals surface area contributed by atoms with Crippen LogP contribution in [0.15, 0.2) is 34.9 Å². The topological polar surface area (TPSA) is 76.8 Å². The molecule has 0 fully saturated rings. The number of anilines is 1. The third-order valence-corrected chi connectivity index (χ3v) is 3.88. The molecule has 2 aromatic rings. The van der Waals surface area contributed by atoms with Crippen LogP contribution in [0.25, 0.3) is 0 Å². The normalized spacial score (nSPS) is 16.3. The van der Waals surface area contributed by atoms with Gasteiger partial charge in [0, 0.05) is 12.6 Å². The van der Waals surface area contributed by atoms with Crippen LogP contribution >= 0.6 is 0 Å². The SMILES string of the molecule is CC(C)c1cc(NC(=O)CN(C)C[C@@H]2COc3ccccc3O2)on1. The van der Waals surface area contributed by atoms with Crippen molar-refractivity contribution in [1.29, 1.82) is 0 Å². The van der Waals surface area contributed by atoms with E-state index in [9.17, 15) is 4.79 Å². The number of carbonyl (C=O) groups excluding carboxylic acids is 1. The molecule has 134 valence electrons. The number of para-hydroxylation sites is 2. The highest BCUT2D eigenvalue weighted by molar-refractivity contribution is 5.90. The molecular formula is C18H23N3O4. The number of amides is 1. The molecule has 0 spiro atoms. The van der Waals surface area contributed by atoms with Crippen molar-refractivity contribution in [3.05, 3.63) is 36.0 Å². The molecule has 0 bridgehead atoms. The lowest BCUT2D eigenvalue weighted by Gasteiger charge is -2.29. The Labute approximate surface area is 146 Å². The van der Waals surface area contributed by atoms with Gasteiger partial charge in [0.25, 0.3) is 0 Å². The Hall–Kier alpha value is -2.54. The van der Waals surface area contributed by atoms with E-state index in [1.54, 1.807) is 6.07 Å². The van der Waals surface area contributed by atoms with Gasteiger partial charge in [-0.1, -0.05) is 31.1 Å². The van der Waals surface area contributed by atoms with E-state index in [0.717, 1.165) is 17.2 Å². The van der Waals surface area contributed by atoms with Gasteiger partial charge in [-0.15, -0.1) is 0 Å². The molecule has 0 saturated heterocycles. The number of aromatic nitrogens is 1. The minimum Gasteiger partial charge on any atom is -0.486 e. The van der Waals surface area contributed by atoms with Gasteiger partial charge in [0.2, 0.25) is 11.8 Å². The number of fused-ring (bicyclic) bond motifs is 1. The maximum absolute atomic E-state index is 12.1. The Morgan fingerprint density at radius 1 is 1.36 bits per heavy atom. The number of ether oxygens (including phenoxy) is 2. The number of nitrogens with zero attached hydrogens (tertiary/aromatic N) is 2. The van der Waals surface area contributed by atoms with Gasteiger partial charge in [0.05, 0.1) is 12.2 Å². The van der Waals surface area contributed by atoms with Crippen molar-refractivity contribution >= 4 is 11.8 Å².